The summed E-state index contributed by atoms with van der Waals surface area (Å²) in [6.07, 6.45) is 1.94. The summed E-state index contributed by atoms with van der Waals surface area (Å²) in [5, 5.41) is 3.02. The molecule has 4 heteroatoms. The Morgan fingerprint density at radius 2 is 1.83 bits per heavy atom. The third kappa shape index (κ3) is 2.03. The van der Waals surface area contributed by atoms with Crippen molar-refractivity contribution in [3.63, 3.8) is 0 Å². The molecule has 0 heterocycles. The summed E-state index contributed by atoms with van der Waals surface area (Å²) >= 11 is 0. The van der Waals surface area contributed by atoms with Crippen LogP contribution >= 0.6 is 0 Å². The normalized spacial score (nSPS) is 31.2. The second-order valence-corrected chi connectivity index (χ2v) is 7.55. The highest BCUT2D eigenvalue weighted by Crippen LogP contribution is 2.70. The van der Waals surface area contributed by atoms with E-state index in [0.29, 0.717) is 13.0 Å². The number of hydrogen-bond acceptors (Lipinski definition) is 3. The van der Waals surface area contributed by atoms with Crippen LogP contribution in [0.15, 0.2) is 24.3 Å². The van der Waals surface area contributed by atoms with Gasteiger partial charge in [-0.2, -0.15) is 0 Å². The van der Waals surface area contributed by atoms with Crippen LogP contribution in [0.3, 0.4) is 0 Å². The number of benzene rings is 1. The van der Waals surface area contributed by atoms with E-state index in [1.807, 2.05) is 38.1 Å². The zero-order chi connectivity index (χ0) is 16.9. The zero-order valence-electron chi connectivity index (χ0n) is 14.4. The van der Waals surface area contributed by atoms with Gasteiger partial charge in [0, 0.05) is 17.5 Å². The van der Waals surface area contributed by atoms with Crippen LogP contribution in [0.25, 0.3) is 0 Å². The zero-order valence-corrected chi connectivity index (χ0v) is 14.4. The van der Waals surface area contributed by atoms with Crippen molar-refractivity contribution in [1.82, 2.24) is 0 Å². The van der Waals surface area contributed by atoms with Gasteiger partial charge < -0.3 is 10.1 Å². The first-order valence-electron chi connectivity index (χ1n) is 8.34. The van der Waals surface area contributed by atoms with Gasteiger partial charge in [-0.3, -0.25) is 9.59 Å². The smallest absolute Gasteiger partial charge is 0.231 e. The number of amides is 1. The number of carbonyl (C=O) groups is 2. The molecule has 2 atom stereocenters. The molecule has 2 aliphatic carbocycles. The van der Waals surface area contributed by atoms with Gasteiger partial charge in [0.1, 0.15) is 11.5 Å². The quantitative estimate of drug-likeness (QED) is 0.919. The third-order valence-corrected chi connectivity index (χ3v) is 6.56. The Balaban J connectivity index is 1.82. The lowest BCUT2D eigenvalue weighted by Gasteiger charge is -2.38. The van der Waals surface area contributed by atoms with Crippen LogP contribution in [-0.4, -0.2) is 18.3 Å². The summed E-state index contributed by atoms with van der Waals surface area (Å²) in [7, 11) is 0. The molecule has 1 aromatic rings. The fourth-order valence-electron chi connectivity index (χ4n) is 4.41. The SMILES string of the molecule is CCOc1ccc(NC(=O)[C@@]23CC[C@](C)(C(=O)C2)C3(C)C)cc1. The highest BCUT2D eigenvalue weighted by molar-refractivity contribution is 6.04. The molecule has 124 valence electrons. The summed E-state index contributed by atoms with van der Waals surface area (Å²) in [5.41, 5.74) is -0.524. The first-order valence-corrected chi connectivity index (χ1v) is 8.34. The van der Waals surface area contributed by atoms with Crippen molar-refractivity contribution < 1.29 is 14.3 Å². The Kier molecular flexibility index (Phi) is 3.54. The minimum atomic E-state index is -0.586. The third-order valence-electron chi connectivity index (χ3n) is 6.56. The first-order chi connectivity index (χ1) is 10.8. The second-order valence-electron chi connectivity index (χ2n) is 7.55. The lowest BCUT2D eigenvalue weighted by molar-refractivity contribution is -0.131. The molecule has 2 aliphatic rings. The van der Waals surface area contributed by atoms with Gasteiger partial charge in [-0.25, -0.2) is 0 Å². The number of ketones is 1. The van der Waals surface area contributed by atoms with Crippen LogP contribution in [-0.2, 0) is 9.59 Å². The molecule has 1 aromatic carbocycles. The summed E-state index contributed by atoms with van der Waals surface area (Å²) in [6, 6.07) is 7.38. The standard InChI is InChI=1S/C19H25NO3/c1-5-23-14-8-6-13(7-9-14)20-16(22)19-11-10-18(4,15(21)12-19)17(19,2)3/h6-9H,5,10-12H2,1-4H3,(H,20,22)/t18-,19-/m1/s1. The number of ether oxygens (including phenoxy) is 1. The molecule has 1 amide bonds. The van der Waals surface area contributed by atoms with E-state index in [9.17, 15) is 9.59 Å². The number of carbonyl (C=O) groups excluding carboxylic acids is 2. The Bertz CT molecular complexity index is 649. The molecular formula is C19H25NO3. The van der Waals surface area contributed by atoms with Gasteiger partial charge in [0.2, 0.25) is 5.91 Å². The first kappa shape index (κ1) is 16.0. The Morgan fingerprint density at radius 1 is 1.17 bits per heavy atom. The van der Waals surface area contributed by atoms with Gasteiger partial charge in [0.25, 0.3) is 0 Å². The molecule has 0 unspecified atom stereocenters. The van der Waals surface area contributed by atoms with Crippen LogP contribution in [0.1, 0.15) is 47.0 Å². The van der Waals surface area contributed by atoms with Crippen molar-refractivity contribution in [2.24, 2.45) is 16.2 Å². The van der Waals surface area contributed by atoms with Gasteiger partial charge in [-0.05, 0) is 49.4 Å². The summed E-state index contributed by atoms with van der Waals surface area (Å²) in [6.45, 7) is 8.72. The predicted molar refractivity (Wildman–Crippen MR) is 89.4 cm³/mol. The van der Waals surface area contributed by atoms with E-state index in [-0.39, 0.29) is 22.5 Å². The maximum absolute atomic E-state index is 13.0. The van der Waals surface area contributed by atoms with E-state index in [0.717, 1.165) is 24.3 Å². The molecule has 0 saturated heterocycles. The maximum atomic E-state index is 13.0. The van der Waals surface area contributed by atoms with E-state index in [2.05, 4.69) is 19.2 Å². The van der Waals surface area contributed by atoms with Crippen molar-refractivity contribution >= 4 is 17.4 Å². The molecular weight excluding hydrogens is 290 g/mol. The van der Waals surface area contributed by atoms with Gasteiger partial charge in [-0.15, -0.1) is 0 Å². The lowest BCUT2D eigenvalue weighted by Crippen LogP contribution is -2.43. The second kappa shape index (κ2) is 5.08. The van der Waals surface area contributed by atoms with E-state index in [4.69, 9.17) is 4.74 Å². The fraction of sp³-hybridized carbons (Fsp3) is 0.579. The van der Waals surface area contributed by atoms with Crippen LogP contribution in [0, 0.1) is 16.2 Å². The molecule has 0 aliphatic heterocycles. The van der Waals surface area contributed by atoms with Crippen LogP contribution in [0.4, 0.5) is 5.69 Å². The van der Waals surface area contributed by atoms with E-state index >= 15 is 0 Å². The van der Waals surface area contributed by atoms with Crippen LogP contribution in [0.2, 0.25) is 0 Å². The maximum Gasteiger partial charge on any atom is 0.231 e. The molecule has 4 nitrogen and oxygen atoms in total. The Morgan fingerprint density at radius 3 is 2.30 bits per heavy atom. The molecule has 0 spiro atoms. The van der Waals surface area contributed by atoms with Crippen molar-refractivity contribution in [1.29, 1.82) is 0 Å². The van der Waals surface area contributed by atoms with Crippen molar-refractivity contribution in [3.05, 3.63) is 24.3 Å². The molecule has 23 heavy (non-hydrogen) atoms. The minimum Gasteiger partial charge on any atom is -0.494 e. The van der Waals surface area contributed by atoms with Crippen molar-refractivity contribution in [2.45, 2.75) is 47.0 Å². The minimum absolute atomic E-state index is 0.0266. The predicted octanol–water partition coefficient (Wildman–Crippen LogP) is 3.81. The average molecular weight is 315 g/mol. The van der Waals surface area contributed by atoms with Gasteiger partial charge in [-0.1, -0.05) is 20.8 Å². The number of nitrogens with one attached hydrogen (secondary N) is 1. The molecule has 2 fully saturated rings. The highest BCUT2D eigenvalue weighted by atomic mass is 16.5. The monoisotopic (exact) mass is 315 g/mol. The van der Waals surface area contributed by atoms with E-state index in [1.165, 1.54) is 0 Å². The highest BCUT2D eigenvalue weighted by Gasteiger charge is 2.72. The largest absolute Gasteiger partial charge is 0.494 e. The fourth-order valence-corrected chi connectivity index (χ4v) is 4.41. The van der Waals surface area contributed by atoms with Crippen molar-refractivity contribution in [2.75, 3.05) is 11.9 Å². The van der Waals surface area contributed by atoms with Crippen LogP contribution < -0.4 is 10.1 Å². The number of hydrogen-bond donors (Lipinski definition) is 1. The van der Waals surface area contributed by atoms with Gasteiger partial charge in [0.05, 0.1) is 12.0 Å². The summed E-state index contributed by atoms with van der Waals surface area (Å²) in [4.78, 5) is 25.5. The molecule has 0 aromatic heterocycles. The molecule has 3 rings (SSSR count). The average Bonchev–Trinajstić information content (AvgIpc) is 2.80. The number of rotatable bonds is 4. The molecule has 2 saturated carbocycles. The lowest BCUT2D eigenvalue weighted by atomic mass is 9.64. The summed E-state index contributed by atoms with van der Waals surface area (Å²) in [5.74, 6) is 0.991. The summed E-state index contributed by atoms with van der Waals surface area (Å²) < 4.78 is 5.42. The van der Waals surface area contributed by atoms with Gasteiger partial charge >= 0.3 is 0 Å². The Hall–Kier alpha value is -1.84. The molecule has 0 radical (unpaired) electrons. The Labute approximate surface area is 137 Å². The van der Waals surface area contributed by atoms with E-state index in [1.54, 1.807) is 0 Å². The van der Waals surface area contributed by atoms with E-state index < -0.39 is 5.41 Å². The number of Topliss-reactive ketones (excluding diaryl/α,β-unsaturated/α-hetero) is 1. The number of anilines is 1. The topological polar surface area (TPSA) is 55.4 Å². The molecule has 2 bridgehead atoms. The van der Waals surface area contributed by atoms with Crippen molar-refractivity contribution in [3.8, 4) is 5.75 Å². The van der Waals surface area contributed by atoms with Gasteiger partial charge in [0.15, 0.2) is 0 Å². The number of fused-ring (bicyclic) bond motifs is 2. The molecule has 1 N–H and O–H groups in total. The van der Waals surface area contributed by atoms with Crippen LogP contribution in [0.5, 0.6) is 5.75 Å².